The molecule has 2 aromatic carbocycles. The molecule has 4 aromatic rings. The van der Waals surface area contributed by atoms with Gasteiger partial charge in [0.15, 0.2) is 5.82 Å². The van der Waals surface area contributed by atoms with E-state index in [1.54, 1.807) is 6.20 Å². The van der Waals surface area contributed by atoms with Crippen LogP contribution in [0.1, 0.15) is 36.7 Å². The Balaban J connectivity index is 0.00000306. The molecule has 0 saturated carbocycles. The highest BCUT2D eigenvalue weighted by Gasteiger charge is 2.13. The number of aromatic nitrogens is 6. The molecule has 172 valence electrons. The second-order valence-electron chi connectivity index (χ2n) is 7.75. The molecule has 0 fully saturated rings. The largest absolute Gasteiger partial charge is 0.391 e. The van der Waals surface area contributed by atoms with Gasteiger partial charge in [0.05, 0.1) is 6.61 Å². The van der Waals surface area contributed by atoms with E-state index in [0.717, 1.165) is 58.7 Å². The minimum atomic E-state index is -0.0834. The highest BCUT2D eigenvalue weighted by Crippen LogP contribution is 2.30. The number of hydrogen-bond acceptors (Lipinski definition) is 7. The Bertz CT molecular complexity index is 1150. The number of aromatic amines is 1. The number of rotatable bonds is 9. The van der Waals surface area contributed by atoms with E-state index in [1.165, 1.54) is 0 Å². The Labute approximate surface area is 199 Å². The van der Waals surface area contributed by atoms with Gasteiger partial charge in [0.2, 0.25) is 0 Å². The number of H-pyrrole nitrogens is 1. The fraction of sp³-hybridized carbons (Fsp3) is 0.292. The Morgan fingerprint density at radius 3 is 2.45 bits per heavy atom. The van der Waals surface area contributed by atoms with Crippen molar-refractivity contribution in [1.29, 1.82) is 0 Å². The number of aliphatic hydroxyl groups excluding tert-OH is 1. The second kappa shape index (κ2) is 11.5. The molecule has 2 aromatic heterocycles. The van der Waals surface area contributed by atoms with Crippen LogP contribution in [-0.4, -0.2) is 42.7 Å². The fourth-order valence-electron chi connectivity index (χ4n) is 3.68. The number of aryl methyl sites for hydroxylation is 1. The van der Waals surface area contributed by atoms with Crippen LogP contribution in [0.5, 0.6) is 0 Å². The van der Waals surface area contributed by atoms with Crippen LogP contribution < -0.4 is 4.90 Å². The lowest BCUT2D eigenvalue weighted by Gasteiger charge is -2.21. The molecule has 8 nitrogen and oxygen atoms in total. The van der Waals surface area contributed by atoms with Crippen LogP contribution in [0, 0.1) is 0 Å². The molecule has 0 aliphatic heterocycles. The van der Waals surface area contributed by atoms with Gasteiger partial charge in [0, 0.05) is 37.3 Å². The van der Waals surface area contributed by atoms with Crippen LogP contribution in [-0.2, 0) is 19.6 Å². The van der Waals surface area contributed by atoms with E-state index in [-0.39, 0.29) is 19.0 Å². The number of unbranched alkanes of at least 4 members (excludes halogenated alkanes) is 1. The maximum atomic E-state index is 9.74. The number of anilines is 1. The first kappa shape index (κ1) is 24.3. The number of nitrogens with one attached hydrogen (secondary N) is 1. The summed E-state index contributed by atoms with van der Waals surface area (Å²) < 4.78 is 0. The third-order valence-corrected chi connectivity index (χ3v) is 5.39. The summed E-state index contributed by atoms with van der Waals surface area (Å²) in [5.41, 5.74) is 4.98. The van der Waals surface area contributed by atoms with Crippen molar-refractivity contribution in [2.75, 3.05) is 11.9 Å². The average Bonchev–Trinajstić information content (AvgIpc) is 3.38. The first-order valence-electron chi connectivity index (χ1n) is 10.8. The van der Waals surface area contributed by atoms with Crippen molar-refractivity contribution >= 4 is 18.2 Å². The van der Waals surface area contributed by atoms with Gasteiger partial charge in [-0.1, -0.05) is 61.9 Å². The first-order chi connectivity index (χ1) is 15.7. The number of nitrogens with zero attached hydrogens (tertiary/aromatic N) is 6. The van der Waals surface area contributed by atoms with Gasteiger partial charge in [-0.05, 0) is 33.5 Å². The van der Waals surface area contributed by atoms with Crippen LogP contribution in [0.3, 0.4) is 0 Å². The normalized spacial score (nSPS) is 10.6. The third kappa shape index (κ3) is 5.71. The van der Waals surface area contributed by atoms with Crippen molar-refractivity contribution < 1.29 is 5.11 Å². The van der Waals surface area contributed by atoms with E-state index in [4.69, 9.17) is 4.98 Å². The van der Waals surface area contributed by atoms with Gasteiger partial charge in [-0.25, -0.2) is 15.1 Å². The van der Waals surface area contributed by atoms with Gasteiger partial charge < -0.3 is 10.0 Å². The van der Waals surface area contributed by atoms with E-state index >= 15 is 0 Å². The molecular weight excluding hydrogens is 438 g/mol. The maximum Gasteiger partial charge on any atom is 0.180 e. The smallest absolute Gasteiger partial charge is 0.180 e. The fourth-order valence-corrected chi connectivity index (χ4v) is 3.68. The molecular formula is C24H28ClN7O. The molecule has 0 aliphatic carbocycles. The van der Waals surface area contributed by atoms with E-state index in [2.05, 4.69) is 67.8 Å². The summed E-state index contributed by atoms with van der Waals surface area (Å²) in [4.78, 5) is 11.2. The Kier molecular flexibility index (Phi) is 8.46. The van der Waals surface area contributed by atoms with Gasteiger partial charge in [-0.15, -0.1) is 17.5 Å². The quantitative estimate of drug-likeness (QED) is 0.381. The lowest BCUT2D eigenvalue weighted by atomic mass is 9.98. The maximum absolute atomic E-state index is 9.74. The topological polar surface area (TPSA) is 104 Å². The van der Waals surface area contributed by atoms with Gasteiger partial charge in [0.1, 0.15) is 11.6 Å². The zero-order valence-corrected chi connectivity index (χ0v) is 19.6. The molecule has 33 heavy (non-hydrogen) atoms. The first-order valence-corrected chi connectivity index (χ1v) is 10.8. The van der Waals surface area contributed by atoms with E-state index in [9.17, 15) is 5.11 Å². The van der Waals surface area contributed by atoms with Crippen molar-refractivity contribution in [2.24, 2.45) is 0 Å². The van der Waals surface area contributed by atoms with Crippen LogP contribution in [0.15, 0.2) is 54.7 Å². The summed E-state index contributed by atoms with van der Waals surface area (Å²) in [5.74, 6) is 2.24. The zero-order valence-electron chi connectivity index (χ0n) is 18.8. The molecule has 0 atom stereocenters. The Morgan fingerprint density at radius 1 is 1.03 bits per heavy atom. The minimum Gasteiger partial charge on any atom is -0.391 e. The molecule has 2 heterocycles. The summed E-state index contributed by atoms with van der Waals surface area (Å²) in [6.07, 6.45) is 4.73. The van der Waals surface area contributed by atoms with Crippen LogP contribution in [0.4, 0.5) is 5.82 Å². The second-order valence-corrected chi connectivity index (χ2v) is 7.75. The molecule has 0 aliphatic rings. The number of tetrazole rings is 1. The third-order valence-electron chi connectivity index (χ3n) is 5.39. The number of hydrogen-bond donors (Lipinski definition) is 2. The summed E-state index contributed by atoms with van der Waals surface area (Å²) in [5, 5.41) is 24.0. The van der Waals surface area contributed by atoms with Gasteiger partial charge >= 0.3 is 0 Å². The SMILES string of the molecule is CCCCc1ncc(CO)c(N(C)Cc2ccc(-c3ccccc3-c3nnn[nH]3)cc2)n1.Cl. The van der Waals surface area contributed by atoms with Crippen molar-refractivity contribution in [2.45, 2.75) is 39.3 Å². The lowest BCUT2D eigenvalue weighted by Crippen LogP contribution is -2.20. The van der Waals surface area contributed by atoms with Crippen LogP contribution >= 0.6 is 12.4 Å². The standard InChI is InChI=1S/C24H27N7O.ClH/c1-3-4-9-22-25-14-19(16-32)24(26-22)31(2)15-17-10-12-18(13-11-17)20-7-5-6-8-21(20)23-27-29-30-28-23;/h5-8,10-14,32H,3-4,9,15-16H2,1-2H3,(H,27,28,29,30);1H. The molecule has 0 radical (unpaired) electrons. The van der Waals surface area contributed by atoms with Gasteiger partial charge in [0.25, 0.3) is 0 Å². The summed E-state index contributed by atoms with van der Waals surface area (Å²) in [7, 11) is 1.99. The van der Waals surface area contributed by atoms with Crippen LogP contribution in [0.25, 0.3) is 22.5 Å². The Hall–Kier alpha value is -3.36. The van der Waals surface area contributed by atoms with Crippen molar-refractivity contribution in [3.63, 3.8) is 0 Å². The predicted molar refractivity (Wildman–Crippen MR) is 131 cm³/mol. The van der Waals surface area contributed by atoms with E-state index in [1.807, 2.05) is 25.2 Å². The minimum absolute atomic E-state index is 0. The molecule has 2 N–H and O–H groups in total. The summed E-state index contributed by atoms with van der Waals surface area (Å²) >= 11 is 0. The predicted octanol–water partition coefficient (Wildman–Crippen LogP) is 4.22. The molecule has 0 spiro atoms. The molecule has 0 saturated heterocycles. The van der Waals surface area contributed by atoms with Crippen molar-refractivity contribution in [3.05, 3.63) is 71.7 Å². The zero-order chi connectivity index (χ0) is 22.3. The highest BCUT2D eigenvalue weighted by molar-refractivity contribution is 5.85. The molecule has 0 bridgehead atoms. The number of halogens is 1. The average molecular weight is 466 g/mol. The summed E-state index contributed by atoms with van der Waals surface area (Å²) in [6, 6.07) is 16.5. The van der Waals surface area contributed by atoms with Gasteiger partial charge in [-0.3, -0.25) is 0 Å². The van der Waals surface area contributed by atoms with E-state index < -0.39 is 0 Å². The number of aliphatic hydroxyl groups is 1. The lowest BCUT2D eigenvalue weighted by molar-refractivity contribution is 0.281. The molecule has 0 amide bonds. The summed E-state index contributed by atoms with van der Waals surface area (Å²) in [6.45, 7) is 2.74. The van der Waals surface area contributed by atoms with Gasteiger partial charge in [-0.2, -0.15) is 0 Å². The van der Waals surface area contributed by atoms with Crippen LogP contribution in [0.2, 0.25) is 0 Å². The monoisotopic (exact) mass is 465 g/mol. The highest BCUT2D eigenvalue weighted by atomic mass is 35.5. The number of benzene rings is 2. The molecule has 4 rings (SSSR count). The Morgan fingerprint density at radius 2 is 1.79 bits per heavy atom. The van der Waals surface area contributed by atoms with Crippen molar-refractivity contribution in [1.82, 2.24) is 30.6 Å². The molecule has 9 heteroatoms. The van der Waals surface area contributed by atoms with E-state index in [0.29, 0.717) is 12.4 Å². The molecule has 0 unspecified atom stereocenters. The van der Waals surface area contributed by atoms with Crippen molar-refractivity contribution in [3.8, 4) is 22.5 Å².